The summed E-state index contributed by atoms with van der Waals surface area (Å²) in [6, 6.07) is 6.99. The summed E-state index contributed by atoms with van der Waals surface area (Å²) in [5, 5.41) is 8.80. The van der Waals surface area contributed by atoms with Crippen LogP contribution in [0.15, 0.2) is 29.2 Å². The van der Waals surface area contributed by atoms with Gasteiger partial charge in [-0.1, -0.05) is 45.2 Å². The average molecular weight is 356 g/mol. The summed E-state index contributed by atoms with van der Waals surface area (Å²) < 4.78 is 26.6. The van der Waals surface area contributed by atoms with Crippen molar-refractivity contribution in [3.05, 3.63) is 29.8 Å². The molecule has 0 aromatic heterocycles. The maximum Gasteiger partial charge on any atom is 0.304 e. The minimum atomic E-state index is -3.63. The molecule has 1 N–H and O–H groups in total. The maximum absolute atomic E-state index is 12.7. The maximum atomic E-state index is 12.7. The average Bonchev–Trinajstić information content (AvgIpc) is 2.55. The second kappa shape index (κ2) is 10.5. The first kappa shape index (κ1) is 20.6. The third kappa shape index (κ3) is 6.61. The normalized spacial score (nSPS) is 11.8. The second-order valence-electron chi connectivity index (χ2n) is 6.00. The van der Waals surface area contributed by atoms with E-state index in [2.05, 4.69) is 6.92 Å². The predicted octanol–water partition coefficient (Wildman–Crippen LogP) is 3.68. The Hall–Kier alpha value is -1.40. The molecule has 0 spiro atoms. The molecule has 0 aliphatic carbocycles. The fraction of sp³-hybridized carbons (Fsp3) is 0.611. The Morgan fingerprint density at radius 1 is 1.00 bits per heavy atom. The van der Waals surface area contributed by atoms with E-state index < -0.39 is 16.0 Å². The Morgan fingerprint density at radius 2 is 1.67 bits per heavy atom. The summed E-state index contributed by atoms with van der Waals surface area (Å²) in [4.78, 5) is 11.0. The van der Waals surface area contributed by atoms with Gasteiger partial charge in [0.15, 0.2) is 0 Å². The van der Waals surface area contributed by atoms with E-state index in [0.717, 1.165) is 18.4 Å². The highest BCUT2D eigenvalue weighted by Gasteiger charge is 2.24. The van der Waals surface area contributed by atoms with Gasteiger partial charge in [0.2, 0.25) is 10.0 Å². The molecule has 6 heteroatoms. The molecule has 0 fully saturated rings. The molecule has 1 aromatic rings. The Kier molecular flexibility index (Phi) is 9.00. The molecule has 24 heavy (non-hydrogen) atoms. The van der Waals surface area contributed by atoms with Gasteiger partial charge in [0.25, 0.3) is 0 Å². The lowest BCUT2D eigenvalue weighted by atomic mass is 10.1. The van der Waals surface area contributed by atoms with Crippen molar-refractivity contribution < 1.29 is 18.3 Å². The predicted molar refractivity (Wildman–Crippen MR) is 95.6 cm³/mol. The van der Waals surface area contributed by atoms with E-state index >= 15 is 0 Å². The Labute approximate surface area is 145 Å². The summed E-state index contributed by atoms with van der Waals surface area (Å²) in [6.45, 7) is 4.38. The van der Waals surface area contributed by atoms with Gasteiger partial charge >= 0.3 is 5.97 Å². The van der Waals surface area contributed by atoms with Crippen molar-refractivity contribution in [2.45, 2.75) is 63.7 Å². The van der Waals surface area contributed by atoms with E-state index in [1.54, 1.807) is 12.1 Å². The van der Waals surface area contributed by atoms with Gasteiger partial charge in [-0.15, -0.1) is 0 Å². The number of aliphatic carboxylic acids is 1. The van der Waals surface area contributed by atoms with Crippen molar-refractivity contribution >= 4 is 16.0 Å². The van der Waals surface area contributed by atoms with Crippen molar-refractivity contribution in [3.63, 3.8) is 0 Å². The summed E-state index contributed by atoms with van der Waals surface area (Å²) in [5.74, 6) is -0.992. The van der Waals surface area contributed by atoms with E-state index in [-0.39, 0.29) is 17.9 Å². The molecule has 1 rings (SSSR count). The summed E-state index contributed by atoms with van der Waals surface area (Å²) in [7, 11) is -3.63. The highest BCUT2D eigenvalue weighted by molar-refractivity contribution is 7.89. The Bertz CT molecular complexity index is 596. The Balaban J connectivity index is 2.78. The van der Waals surface area contributed by atoms with Crippen LogP contribution in [0.4, 0.5) is 0 Å². The van der Waals surface area contributed by atoms with E-state index in [1.807, 2.05) is 19.1 Å². The van der Waals surface area contributed by atoms with Gasteiger partial charge < -0.3 is 5.11 Å². The van der Waals surface area contributed by atoms with Crippen LogP contribution in [0.1, 0.15) is 57.9 Å². The van der Waals surface area contributed by atoms with Gasteiger partial charge in [0, 0.05) is 13.1 Å². The van der Waals surface area contributed by atoms with E-state index in [9.17, 15) is 13.2 Å². The molecular formula is C18H29NO4S. The molecular weight excluding hydrogens is 326 g/mol. The highest BCUT2D eigenvalue weighted by Crippen LogP contribution is 2.18. The minimum absolute atomic E-state index is 0.00424. The first-order valence-corrected chi connectivity index (χ1v) is 10.2. The molecule has 0 atom stereocenters. The molecule has 0 radical (unpaired) electrons. The minimum Gasteiger partial charge on any atom is -0.481 e. The monoisotopic (exact) mass is 355 g/mol. The van der Waals surface area contributed by atoms with Crippen LogP contribution in [0.5, 0.6) is 0 Å². The van der Waals surface area contributed by atoms with Crippen molar-refractivity contribution in [3.8, 4) is 0 Å². The molecule has 0 saturated carbocycles. The third-order valence-electron chi connectivity index (χ3n) is 3.93. The van der Waals surface area contributed by atoms with Crippen LogP contribution in [0.3, 0.4) is 0 Å². The summed E-state index contributed by atoms with van der Waals surface area (Å²) in [5.41, 5.74) is 1.14. The number of sulfonamides is 1. The van der Waals surface area contributed by atoms with E-state index in [4.69, 9.17) is 5.11 Å². The number of carbonyl (C=O) groups is 1. The van der Waals surface area contributed by atoms with Gasteiger partial charge in [-0.25, -0.2) is 8.42 Å². The zero-order valence-corrected chi connectivity index (χ0v) is 15.5. The lowest BCUT2D eigenvalue weighted by molar-refractivity contribution is -0.137. The SMILES string of the molecule is CCCCCCc1ccc(S(=O)(=O)N(CCC)CCC(=O)O)cc1. The number of carboxylic acid groups (broad SMARTS) is 1. The molecule has 5 nitrogen and oxygen atoms in total. The van der Waals surface area contributed by atoms with Crippen LogP contribution in [-0.2, 0) is 21.2 Å². The largest absolute Gasteiger partial charge is 0.481 e. The third-order valence-corrected chi connectivity index (χ3v) is 5.84. The van der Waals surface area contributed by atoms with Crippen molar-refractivity contribution in [2.24, 2.45) is 0 Å². The van der Waals surface area contributed by atoms with Gasteiger partial charge in [-0.05, 0) is 37.0 Å². The number of unbranched alkanes of at least 4 members (excludes halogenated alkanes) is 3. The number of hydrogen-bond acceptors (Lipinski definition) is 3. The number of nitrogens with zero attached hydrogens (tertiary/aromatic N) is 1. The van der Waals surface area contributed by atoms with Crippen LogP contribution in [0.2, 0.25) is 0 Å². The summed E-state index contributed by atoms with van der Waals surface area (Å²) >= 11 is 0. The van der Waals surface area contributed by atoms with Gasteiger partial charge in [-0.3, -0.25) is 4.79 Å². The fourth-order valence-corrected chi connectivity index (χ4v) is 4.09. The standard InChI is InChI=1S/C18H29NO4S/c1-3-5-6-7-8-16-9-11-17(12-10-16)24(22,23)19(14-4-2)15-13-18(20)21/h9-12H,3-8,13-15H2,1-2H3,(H,20,21). The number of hydrogen-bond donors (Lipinski definition) is 1. The van der Waals surface area contributed by atoms with Crippen LogP contribution in [0.25, 0.3) is 0 Å². The van der Waals surface area contributed by atoms with Crippen LogP contribution in [0, 0.1) is 0 Å². The zero-order chi connectivity index (χ0) is 18.0. The zero-order valence-electron chi connectivity index (χ0n) is 14.7. The smallest absolute Gasteiger partial charge is 0.304 e. The van der Waals surface area contributed by atoms with E-state index in [0.29, 0.717) is 13.0 Å². The van der Waals surface area contributed by atoms with Crippen LogP contribution in [-0.4, -0.2) is 36.9 Å². The van der Waals surface area contributed by atoms with Crippen LogP contribution >= 0.6 is 0 Å². The highest BCUT2D eigenvalue weighted by atomic mass is 32.2. The van der Waals surface area contributed by atoms with Crippen molar-refractivity contribution in [2.75, 3.05) is 13.1 Å². The molecule has 0 bridgehead atoms. The van der Waals surface area contributed by atoms with Gasteiger partial charge in [0.1, 0.15) is 0 Å². The van der Waals surface area contributed by atoms with Gasteiger partial charge in [-0.2, -0.15) is 4.31 Å². The van der Waals surface area contributed by atoms with Crippen molar-refractivity contribution in [1.29, 1.82) is 0 Å². The first-order chi connectivity index (χ1) is 11.4. The topological polar surface area (TPSA) is 74.7 Å². The molecule has 1 aromatic carbocycles. The fourth-order valence-electron chi connectivity index (χ4n) is 2.55. The van der Waals surface area contributed by atoms with E-state index in [1.165, 1.54) is 23.6 Å². The number of rotatable bonds is 12. The van der Waals surface area contributed by atoms with Crippen molar-refractivity contribution in [1.82, 2.24) is 4.31 Å². The molecule has 0 saturated heterocycles. The quantitative estimate of drug-likeness (QED) is 0.580. The summed E-state index contributed by atoms with van der Waals surface area (Å²) in [6.07, 6.45) is 6.14. The molecule has 0 aliphatic heterocycles. The number of benzene rings is 1. The number of aryl methyl sites for hydroxylation is 1. The molecule has 0 aliphatic rings. The number of carboxylic acids is 1. The van der Waals surface area contributed by atoms with Crippen LogP contribution < -0.4 is 0 Å². The van der Waals surface area contributed by atoms with Gasteiger partial charge in [0.05, 0.1) is 11.3 Å². The lowest BCUT2D eigenvalue weighted by Gasteiger charge is -2.21. The molecule has 136 valence electrons. The molecule has 0 unspecified atom stereocenters. The lowest BCUT2D eigenvalue weighted by Crippen LogP contribution is -2.33. The second-order valence-corrected chi connectivity index (χ2v) is 7.94. The molecule has 0 heterocycles. The Morgan fingerprint density at radius 3 is 2.21 bits per heavy atom. The first-order valence-electron chi connectivity index (χ1n) is 8.72. The molecule has 0 amide bonds.